The molecule has 0 spiro atoms. The summed E-state index contributed by atoms with van der Waals surface area (Å²) >= 11 is 7.47. The molecule has 3 rings (SSSR count). The molecular weight excluding hydrogens is 311 g/mol. The molecule has 0 unspecified atom stereocenters. The number of hydrogen-bond donors (Lipinski definition) is 0. The SMILES string of the molecule is COP(Cl)(c1ccccc1)(c1ccccc1)c1ccccc1. The van der Waals surface area contributed by atoms with Gasteiger partial charge in [-0.25, -0.2) is 0 Å². The van der Waals surface area contributed by atoms with Crippen molar-refractivity contribution < 1.29 is 4.52 Å². The fourth-order valence-electron chi connectivity index (χ4n) is 2.85. The van der Waals surface area contributed by atoms with Crippen LogP contribution in [0.3, 0.4) is 0 Å². The Morgan fingerprint density at radius 3 is 1.09 bits per heavy atom. The Bertz CT molecular complexity index is 645. The van der Waals surface area contributed by atoms with Crippen molar-refractivity contribution in [3.05, 3.63) is 91.0 Å². The molecule has 0 aliphatic carbocycles. The molecule has 0 saturated heterocycles. The predicted molar refractivity (Wildman–Crippen MR) is 98.0 cm³/mol. The Morgan fingerprint density at radius 2 is 0.864 bits per heavy atom. The van der Waals surface area contributed by atoms with Gasteiger partial charge in [0.1, 0.15) is 0 Å². The van der Waals surface area contributed by atoms with E-state index in [0.29, 0.717) is 0 Å². The first-order valence-corrected chi connectivity index (χ1v) is 10.2. The van der Waals surface area contributed by atoms with E-state index in [4.69, 9.17) is 15.8 Å². The molecule has 0 N–H and O–H groups in total. The summed E-state index contributed by atoms with van der Waals surface area (Å²) in [6, 6.07) is 30.3. The summed E-state index contributed by atoms with van der Waals surface area (Å²) in [5.74, 6) is 0. The molecule has 0 radical (unpaired) electrons. The Labute approximate surface area is 136 Å². The van der Waals surface area contributed by atoms with E-state index in [1.807, 2.05) is 91.0 Å². The van der Waals surface area contributed by atoms with Crippen LogP contribution in [-0.4, -0.2) is 7.11 Å². The Kier molecular flexibility index (Phi) is 4.06. The molecule has 3 heteroatoms. The zero-order chi connectivity index (χ0) is 15.5. The first kappa shape index (κ1) is 15.2. The molecule has 0 atom stereocenters. The molecule has 0 saturated carbocycles. The van der Waals surface area contributed by atoms with Gasteiger partial charge in [-0.2, -0.15) is 0 Å². The summed E-state index contributed by atoms with van der Waals surface area (Å²) in [5.41, 5.74) is 0. The molecule has 0 aliphatic heterocycles. The number of rotatable bonds is 4. The van der Waals surface area contributed by atoms with Gasteiger partial charge in [-0.1, -0.05) is 0 Å². The molecule has 0 fully saturated rings. The third-order valence-electron chi connectivity index (χ3n) is 4.00. The van der Waals surface area contributed by atoms with Gasteiger partial charge >= 0.3 is 136 Å². The molecule has 22 heavy (non-hydrogen) atoms. The van der Waals surface area contributed by atoms with E-state index in [9.17, 15) is 0 Å². The third kappa shape index (κ3) is 2.18. The minimum absolute atomic E-state index is 1.01. The van der Waals surface area contributed by atoms with Crippen molar-refractivity contribution in [1.82, 2.24) is 0 Å². The summed E-state index contributed by atoms with van der Waals surface area (Å²) in [7, 11) is 1.71. The van der Waals surface area contributed by atoms with Crippen LogP contribution in [0, 0.1) is 0 Å². The Balaban J connectivity index is 2.41. The van der Waals surface area contributed by atoms with Crippen molar-refractivity contribution in [1.29, 1.82) is 0 Å². The molecule has 0 amide bonds. The summed E-state index contributed by atoms with van der Waals surface area (Å²) < 4.78 is 6.18. The topological polar surface area (TPSA) is 9.23 Å². The summed E-state index contributed by atoms with van der Waals surface area (Å²) in [4.78, 5) is 0. The van der Waals surface area contributed by atoms with Crippen molar-refractivity contribution in [3.8, 4) is 0 Å². The molecule has 0 aromatic heterocycles. The molecule has 0 bridgehead atoms. The van der Waals surface area contributed by atoms with Crippen LogP contribution in [-0.2, 0) is 4.52 Å². The van der Waals surface area contributed by atoms with Gasteiger partial charge in [0.05, 0.1) is 0 Å². The van der Waals surface area contributed by atoms with Crippen molar-refractivity contribution in [2.24, 2.45) is 0 Å². The van der Waals surface area contributed by atoms with Crippen LogP contribution in [0.5, 0.6) is 0 Å². The maximum atomic E-state index is 7.47. The predicted octanol–water partition coefficient (Wildman–Crippen LogP) is 4.23. The van der Waals surface area contributed by atoms with Gasteiger partial charge in [-0.15, -0.1) is 0 Å². The number of benzene rings is 3. The van der Waals surface area contributed by atoms with Gasteiger partial charge in [0.15, 0.2) is 0 Å². The maximum absolute atomic E-state index is 7.47. The molecule has 3 aromatic rings. The zero-order valence-electron chi connectivity index (χ0n) is 12.4. The molecule has 3 aromatic carbocycles. The monoisotopic (exact) mass is 328 g/mol. The minimum atomic E-state index is -3.43. The number of halogens is 1. The second kappa shape index (κ2) is 5.85. The van der Waals surface area contributed by atoms with Crippen LogP contribution in [0.25, 0.3) is 0 Å². The molecule has 112 valence electrons. The standard InChI is InChI=1S/C19H18ClOP/c1-21-22(20,17-11-5-2-6-12-17,18-13-7-3-8-14-18)19-15-9-4-10-16-19/h2-16H,1H3. The second-order valence-corrected chi connectivity index (χ2v) is 10.8. The van der Waals surface area contributed by atoms with Gasteiger partial charge in [-0.05, 0) is 0 Å². The van der Waals surface area contributed by atoms with E-state index in [2.05, 4.69) is 0 Å². The second-order valence-electron chi connectivity index (χ2n) is 5.12. The number of hydrogen-bond acceptors (Lipinski definition) is 1. The van der Waals surface area contributed by atoms with Gasteiger partial charge < -0.3 is 0 Å². The first-order valence-electron chi connectivity index (χ1n) is 7.16. The van der Waals surface area contributed by atoms with E-state index in [1.165, 1.54) is 0 Å². The summed E-state index contributed by atoms with van der Waals surface area (Å²) in [5, 5.41) is 3.03. The summed E-state index contributed by atoms with van der Waals surface area (Å²) in [6.45, 7) is 0. The molecule has 0 heterocycles. The summed E-state index contributed by atoms with van der Waals surface area (Å²) in [6.07, 6.45) is -3.43. The van der Waals surface area contributed by atoms with Gasteiger partial charge in [0, 0.05) is 0 Å². The van der Waals surface area contributed by atoms with E-state index in [0.717, 1.165) is 15.9 Å². The van der Waals surface area contributed by atoms with Crippen molar-refractivity contribution in [2.75, 3.05) is 7.11 Å². The fraction of sp³-hybridized carbons (Fsp3) is 0.0526. The van der Waals surface area contributed by atoms with E-state index >= 15 is 0 Å². The molecular formula is C19H18ClOP. The third-order valence-corrected chi connectivity index (χ3v) is 10.5. The van der Waals surface area contributed by atoms with E-state index in [1.54, 1.807) is 7.11 Å². The van der Waals surface area contributed by atoms with Crippen molar-refractivity contribution in [3.63, 3.8) is 0 Å². The molecule has 1 nitrogen and oxygen atoms in total. The van der Waals surface area contributed by atoms with Gasteiger partial charge in [0.2, 0.25) is 0 Å². The quantitative estimate of drug-likeness (QED) is 0.651. The molecule has 0 aliphatic rings. The van der Waals surface area contributed by atoms with Crippen LogP contribution < -0.4 is 15.9 Å². The van der Waals surface area contributed by atoms with E-state index < -0.39 is 6.18 Å². The van der Waals surface area contributed by atoms with Crippen molar-refractivity contribution >= 4 is 33.3 Å². The normalized spacial score (nSPS) is 13.3. The average molecular weight is 329 g/mol. The van der Waals surface area contributed by atoms with Crippen LogP contribution in [0.1, 0.15) is 0 Å². The van der Waals surface area contributed by atoms with Gasteiger partial charge in [-0.3, -0.25) is 0 Å². The Hall–Kier alpha value is -1.66. The van der Waals surface area contributed by atoms with Crippen LogP contribution >= 0.6 is 17.4 Å². The average Bonchev–Trinajstić information content (AvgIpc) is 2.63. The zero-order valence-corrected chi connectivity index (χ0v) is 14.0. The van der Waals surface area contributed by atoms with Gasteiger partial charge in [0.25, 0.3) is 0 Å². The van der Waals surface area contributed by atoms with E-state index in [-0.39, 0.29) is 0 Å². The first-order chi connectivity index (χ1) is 10.7. The van der Waals surface area contributed by atoms with Crippen LogP contribution in [0.2, 0.25) is 0 Å². The fourth-order valence-corrected chi connectivity index (χ4v) is 7.50. The van der Waals surface area contributed by atoms with Crippen LogP contribution in [0.15, 0.2) is 91.0 Å². The van der Waals surface area contributed by atoms with Crippen molar-refractivity contribution in [2.45, 2.75) is 0 Å². The Morgan fingerprint density at radius 1 is 0.591 bits per heavy atom. The van der Waals surface area contributed by atoms with Crippen LogP contribution in [0.4, 0.5) is 0 Å².